The van der Waals surface area contributed by atoms with E-state index in [1.165, 1.54) is 6.92 Å². The standard InChI is InChI=1S/C22H21NO5/c1-13-21(18-6-4-5-7-19(18)23-13)22(26)15(3)28-20(25)12-27-17-10-8-16(9-11-17)14(2)24/h4-11,15,23H,12H2,1-3H3/t15-/m0/s1. The van der Waals surface area contributed by atoms with E-state index < -0.39 is 12.1 Å². The lowest BCUT2D eigenvalue weighted by Crippen LogP contribution is -2.27. The number of carbonyl (C=O) groups excluding carboxylic acids is 3. The quantitative estimate of drug-likeness (QED) is 0.497. The van der Waals surface area contributed by atoms with Crippen molar-refractivity contribution in [3.05, 3.63) is 65.4 Å². The zero-order valence-corrected chi connectivity index (χ0v) is 15.9. The SMILES string of the molecule is CC(=O)c1ccc(OCC(=O)O[C@@H](C)C(=O)c2c(C)[nH]c3ccccc23)cc1. The van der Waals surface area contributed by atoms with Gasteiger partial charge < -0.3 is 14.5 Å². The van der Waals surface area contributed by atoms with Crippen LogP contribution in [-0.4, -0.2) is 35.2 Å². The van der Waals surface area contributed by atoms with Gasteiger partial charge in [0, 0.05) is 27.7 Å². The lowest BCUT2D eigenvalue weighted by molar-refractivity contribution is -0.148. The molecule has 1 N–H and O–H groups in total. The number of aryl methyl sites for hydroxylation is 1. The number of Topliss-reactive ketones (excluding diaryl/α,β-unsaturated/α-hetero) is 2. The smallest absolute Gasteiger partial charge is 0.344 e. The largest absolute Gasteiger partial charge is 0.482 e. The van der Waals surface area contributed by atoms with E-state index in [9.17, 15) is 14.4 Å². The minimum absolute atomic E-state index is 0.0501. The van der Waals surface area contributed by atoms with Crippen molar-refractivity contribution >= 4 is 28.4 Å². The molecule has 0 saturated carbocycles. The first kappa shape index (κ1) is 19.4. The van der Waals surface area contributed by atoms with Crippen LogP contribution in [0.2, 0.25) is 0 Å². The Kier molecular flexibility index (Phi) is 5.59. The maximum Gasteiger partial charge on any atom is 0.344 e. The first-order valence-electron chi connectivity index (χ1n) is 8.91. The molecule has 2 aromatic carbocycles. The summed E-state index contributed by atoms with van der Waals surface area (Å²) >= 11 is 0. The van der Waals surface area contributed by atoms with Crippen molar-refractivity contribution in [1.29, 1.82) is 0 Å². The highest BCUT2D eigenvalue weighted by Crippen LogP contribution is 2.24. The van der Waals surface area contributed by atoms with Crippen molar-refractivity contribution < 1.29 is 23.9 Å². The van der Waals surface area contributed by atoms with Crippen LogP contribution in [0.15, 0.2) is 48.5 Å². The second-order valence-corrected chi connectivity index (χ2v) is 6.54. The average Bonchev–Trinajstić information content (AvgIpc) is 3.01. The van der Waals surface area contributed by atoms with Gasteiger partial charge in [0.1, 0.15) is 5.75 Å². The molecular weight excluding hydrogens is 358 g/mol. The van der Waals surface area contributed by atoms with Crippen LogP contribution < -0.4 is 4.74 Å². The number of ether oxygens (including phenoxy) is 2. The number of rotatable bonds is 7. The van der Waals surface area contributed by atoms with E-state index in [4.69, 9.17) is 9.47 Å². The molecule has 0 saturated heterocycles. The maximum absolute atomic E-state index is 12.8. The molecule has 1 heterocycles. The van der Waals surface area contributed by atoms with Crippen molar-refractivity contribution in [3.63, 3.8) is 0 Å². The first-order chi connectivity index (χ1) is 13.4. The number of para-hydroxylation sites is 1. The Hall–Kier alpha value is -3.41. The minimum Gasteiger partial charge on any atom is -0.482 e. The molecule has 0 aliphatic heterocycles. The van der Waals surface area contributed by atoms with Gasteiger partial charge in [0.05, 0.1) is 0 Å². The number of fused-ring (bicyclic) bond motifs is 1. The number of H-pyrrole nitrogens is 1. The van der Waals surface area contributed by atoms with E-state index in [2.05, 4.69) is 4.98 Å². The molecule has 0 fully saturated rings. The number of nitrogens with one attached hydrogen (secondary N) is 1. The van der Waals surface area contributed by atoms with Gasteiger partial charge in [-0.3, -0.25) is 9.59 Å². The Morgan fingerprint density at radius 2 is 1.71 bits per heavy atom. The molecule has 0 unspecified atom stereocenters. The van der Waals surface area contributed by atoms with Gasteiger partial charge in [-0.25, -0.2) is 4.79 Å². The van der Waals surface area contributed by atoms with E-state index in [0.29, 0.717) is 16.9 Å². The van der Waals surface area contributed by atoms with Gasteiger partial charge in [-0.2, -0.15) is 0 Å². The zero-order chi connectivity index (χ0) is 20.3. The topological polar surface area (TPSA) is 85.5 Å². The molecule has 0 amide bonds. The zero-order valence-electron chi connectivity index (χ0n) is 15.9. The lowest BCUT2D eigenvalue weighted by atomic mass is 10.0. The van der Waals surface area contributed by atoms with Gasteiger partial charge in [-0.1, -0.05) is 18.2 Å². The fourth-order valence-electron chi connectivity index (χ4n) is 3.01. The summed E-state index contributed by atoms with van der Waals surface area (Å²) < 4.78 is 10.6. The summed E-state index contributed by atoms with van der Waals surface area (Å²) in [5.74, 6) is -0.526. The predicted octanol–water partition coefficient (Wildman–Crippen LogP) is 3.87. The molecule has 28 heavy (non-hydrogen) atoms. The fourth-order valence-corrected chi connectivity index (χ4v) is 3.01. The Labute approximate surface area is 162 Å². The van der Waals surface area contributed by atoms with Crippen LogP contribution in [0.1, 0.15) is 40.3 Å². The van der Waals surface area contributed by atoms with Gasteiger partial charge >= 0.3 is 5.97 Å². The van der Waals surface area contributed by atoms with E-state index in [1.54, 1.807) is 31.2 Å². The molecule has 1 aromatic heterocycles. The highest BCUT2D eigenvalue weighted by atomic mass is 16.6. The molecule has 0 radical (unpaired) electrons. The molecule has 144 valence electrons. The van der Waals surface area contributed by atoms with Crippen LogP contribution in [0.4, 0.5) is 0 Å². The molecule has 0 spiro atoms. The molecule has 0 aliphatic carbocycles. The molecule has 1 atom stereocenters. The third-order valence-electron chi connectivity index (χ3n) is 4.43. The molecule has 6 nitrogen and oxygen atoms in total. The number of esters is 1. The summed E-state index contributed by atoms with van der Waals surface area (Å²) in [6.45, 7) is 4.50. The lowest BCUT2D eigenvalue weighted by Gasteiger charge is -2.13. The third kappa shape index (κ3) is 4.11. The number of aromatic amines is 1. The van der Waals surface area contributed by atoms with Crippen LogP contribution in [0.3, 0.4) is 0 Å². The third-order valence-corrected chi connectivity index (χ3v) is 4.43. The van der Waals surface area contributed by atoms with Crippen LogP contribution in [0.25, 0.3) is 10.9 Å². The van der Waals surface area contributed by atoms with Gasteiger partial charge in [-0.15, -0.1) is 0 Å². The Morgan fingerprint density at radius 1 is 1.04 bits per heavy atom. The number of hydrogen-bond acceptors (Lipinski definition) is 5. The van der Waals surface area contributed by atoms with E-state index in [0.717, 1.165) is 16.6 Å². The first-order valence-corrected chi connectivity index (χ1v) is 8.91. The summed E-state index contributed by atoms with van der Waals surface area (Å²) in [6, 6.07) is 13.9. The number of carbonyl (C=O) groups is 3. The number of aromatic nitrogens is 1. The van der Waals surface area contributed by atoms with Crippen LogP contribution in [0.5, 0.6) is 5.75 Å². The van der Waals surface area contributed by atoms with Gasteiger partial charge in [0.2, 0.25) is 5.78 Å². The fraction of sp³-hybridized carbons (Fsp3) is 0.227. The second-order valence-electron chi connectivity index (χ2n) is 6.54. The molecule has 0 bridgehead atoms. The molecular formula is C22H21NO5. The second kappa shape index (κ2) is 8.08. The highest BCUT2D eigenvalue weighted by Gasteiger charge is 2.24. The molecule has 3 aromatic rings. The van der Waals surface area contributed by atoms with E-state index in [-0.39, 0.29) is 18.2 Å². The van der Waals surface area contributed by atoms with E-state index in [1.807, 2.05) is 31.2 Å². The number of ketones is 2. The van der Waals surface area contributed by atoms with Crippen LogP contribution in [0, 0.1) is 6.92 Å². The van der Waals surface area contributed by atoms with Crippen molar-refractivity contribution in [2.75, 3.05) is 6.61 Å². The summed E-state index contributed by atoms with van der Waals surface area (Å²) in [5.41, 5.74) is 2.68. The van der Waals surface area contributed by atoms with Gasteiger partial charge in [0.15, 0.2) is 18.5 Å². The summed E-state index contributed by atoms with van der Waals surface area (Å²) in [5, 5.41) is 0.801. The van der Waals surface area contributed by atoms with Gasteiger partial charge in [-0.05, 0) is 51.1 Å². The van der Waals surface area contributed by atoms with Crippen LogP contribution >= 0.6 is 0 Å². The monoisotopic (exact) mass is 379 g/mol. The molecule has 3 rings (SSSR count). The van der Waals surface area contributed by atoms with Crippen molar-refractivity contribution in [2.45, 2.75) is 26.9 Å². The van der Waals surface area contributed by atoms with Crippen LogP contribution in [-0.2, 0) is 9.53 Å². The Morgan fingerprint density at radius 3 is 2.39 bits per heavy atom. The highest BCUT2D eigenvalue weighted by molar-refractivity contribution is 6.11. The van der Waals surface area contributed by atoms with Gasteiger partial charge in [0.25, 0.3) is 0 Å². The Balaban J connectivity index is 1.61. The molecule has 6 heteroatoms. The van der Waals surface area contributed by atoms with Crippen molar-refractivity contribution in [3.8, 4) is 5.75 Å². The van der Waals surface area contributed by atoms with E-state index >= 15 is 0 Å². The number of hydrogen-bond donors (Lipinski definition) is 1. The molecule has 0 aliphatic rings. The number of benzene rings is 2. The van der Waals surface area contributed by atoms with Crippen molar-refractivity contribution in [2.24, 2.45) is 0 Å². The van der Waals surface area contributed by atoms with Crippen molar-refractivity contribution in [1.82, 2.24) is 4.98 Å². The summed E-state index contributed by atoms with van der Waals surface area (Å²) in [7, 11) is 0. The predicted molar refractivity (Wildman–Crippen MR) is 105 cm³/mol. The minimum atomic E-state index is -0.936. The Bertz CT molecular complexity index is 1030. The average molecular weight is 379 g/mol. The summed E-state index contributed by atoms with van der Waals surface area (Å²) in [6.07, 6.45) is -0.936. The summed E-state index contributed by atoms with van der Waals surface area (Å²) in [4.78, 5) is 39.3. The normalized spacial score (nSPS) is 11.8. The maximum atomic E-state index is 12.8.